The SMILES string of the molecule is CCc1ccc(-c2noc(CCC(=O)N3CCN(c4ccccc4)CC3)n2)cc1. The fourth-order valence-electron chi connectivity index (χ4n) is 3.59. The number of aromatic nitrogens is 2. The van der Waals surface area contributed by atoms with Crippen molar-refractivity contribution in [3.8, 4) is 11.4 Å². The molecule has 4 rings (SSSR count). The molecule has 6 heteroatoms. The molecule has 0 saturated carbocycles. The number of benzene rings is 2. The normalized spacial score (nSPS) is 14.2. The van der Waals surface area contributed by atoms with Crippen LogP contribution in [0.4, 0.5) is 5.69 Å². The first-order chi connectivity index (χ1) is 14.2. The maximum atomic E-state index is 12.6. The van der Waals surface area contributed by atoms with E-state index in [1.165, 1.54) is 11.3 Å². The first-order valence-corrected chi connectivity index (χ1v) is 10.2. The van der Waals surface area contributed by atoms with E-state index in [0.29, 0.717) is 24.6 Å². The van der Waals surface area contributed by atoms with Crippen molar-refractivity contribution in [2.75, 3.05) is 31.1 Å². The average molecular weight is 390 g/mol. The van der Waals surface area contributed by atoms with Crippen molar-refractivity contribution in [3.63, 3.8) is 0 Å². The summed E-state index contributed by atoms with van der Waals surface area (Å²) in [5.74, 6) is 1.23. The Morgan fingerprint density at radius 2 is 1.72 bits per heavy atom. The van der Waals surface area contributed by atoms with Gasteiger partial charge in [0, 0.05) is 50.3 Å². The zero-order valence-electron chi connectivity index (χ0n) is 16.8. The molecule has 0 spiro atoms. The molecule has 1 aliphatic rings. The first kappa shape index (κ1) is 19.2. The summed E-state index contributed by atoms with van der Waals surface area (Å²) in [5.41, 5.74) is 3.42. The van der Waals surface area contributed by atoms with Crippen molar-refractivity contribution < 1.29 is 9.32 Å². The third kappa shape index (κ3) is 4.65. The Bertz CT molecular complexity index is 929. The number of amides is 1. The molecule has 3 aromatic rings. The fraction of sp³-hybridized carbons (Fsp3) is 0.348. The van der Waals surface area contributed by atoms with Gasteiger partial charge in [-0.2, -0.15) is 4.98 Å². The van der Waals surface area contributed by atoms with Gasteiger partial charge >= 0.3 is 0 Å². The summed E-state index contributed by atoms with van der Waals surface area (Å²) >= 11 is 0. The van der Waals surface area contributed by atoms with Crippen LogP contribution in [-0.4, -0.2) is 47.1 Å². The number of nitrogens with zero attached hydrogens (tertiary/aromatic N) is 4. The lowest BCUT2D eigenvalue weighted by molar-refractivity contribution is -0.131. The summed E-state index contributed by atoms with van der Waals surface area (Å²) in [4.78, 5) is 21.3. The standard InChI is InChI=1S/C23H26N4O2/c1-2-18-8-10-19(11-9-18)23-24-21(29-25-23)12-13-22(28)27-16-14-26(15-17-27)20-6-4-3-5-7-20/h3-11H,2,12-17H2,1H3. The number of rotatable bonds is 6. The number of anilines is 1. The lowest BCUT2D eigenvalue weighted by Crippen LogP contribution is -2.48. The van der Waals surface area contributed by atoms with Crippen molar-refractivity contribution >= 4 is 11.6 Å². The number of aryl methyl sites for hydroxylation is 2. The van der Waals surface area contributed by atoms with Crippen LogP contribution in [0.25, 0.3) is 11.4 Å². The van der Waals surface area contributed by atoms with Crippen LogP contribution >= 0.6 is 0 Å². The Morgan fingerprint density at radius 3 is 2.41 bits per heavy atom. The molecule has 1 aromatic heterocycles. The number of carbonyl (C=O) groups is 1. The Morgan fingerprint density at radius 1 is 1.00 bits per heavy atom. The first-order valence-electron chi connectivity index (χ1n) is 10.2. The monoisotopic (exact) mass is 390 g/mol. The molecule has 6 nitrogen and oxygen atoms in total. The van der Waals surface area contributed by atoms with E-state index in [-0.39, 0.29) is 5.91 Å². The molecule has 1 saturated heterocycles. The lowest BCUT2D eigenvalue weighted by atomic mass is 10.1. The van der Waals surface area contributed by atoms with Gasteiger partial charge in [-0.3, -0.25) is 4.79 Å². The van der Waals surface area contributed by atoms with E-state index in [1.54, 1.807) is 0 Å². The van der Waals surface area contributed by atoms with Crippen LogP contribution in [-0.2, 0) is 17.6 Å². The van der Waals surface area contributed by atoms with Gasteiger partial charge in [0.25, 0.3) is 0 Å². The second-order valence-corrected chi connectivity index (χ2v) is 7.27. The maximum absolute atomic E-state index is 12.6. The minimum absolute atomic E-state index is 0.143. The molecule has 1 fully saturated rings. The lowest BCUT2D eigenvalue weighted by Gasteiger charge is -2.36. The van der Waals surface area contributed by atoms with Gasteiger partial charge in [-0.15, -0.1) is 0 Å². The van der Waals surface area contributed by atoms with E-state index in [1.807, 2.05) is 35.2 Å². The van der Waals surface area contributed by atoms with Crippen molar-refractivity contribution in [1.29, 1.82) is 0 Å². The molecule has 0 unspecified atom stereocenters. The molecule has 0 radical (unpaired) electrons. The average Bonchev–Trinajstić information content (AvgIpc) is 3.27. The topological polar surface area (TPSA) is 62.5 Å². The van der Waals surface area contributed by atoms with Crippen LogP contribution < -0.4 is 4.90 Å². The Hall–Kier alpha value is -3.15. The van der Waals surface area contributed by atoms with Gasteiger partial charge in [-0.25, -0.2) is 0 Å². The molecule has 0 atom stereocenters. The number of hydrogen-bond donors (Lipinski definition) is 0. The summed E-state index contributed by atoms with van der Waals surface area (Å²) < 4.78 is 5.35. The predicted molar refractivity (Wildman–Crippen MR) is 113 cm³/mol. The second kappa shape index (κ2) is 8.90. The number of para-hydroxylation sites is 1. The zero-order chi connectivity index (χ0) is 20.1. The van der Waals surface area contributed by atoms with Crippen molar-refractivity contribution in [1.82, 2.24) is 15.0 Å². The number of hydrogen-bond acceptors (Lipinski definition) is 5. The highest BCUT2D eigenvalue weighted by atomic mass is 16.5. The summed E-state index contributed by atoms with van der Waals surface area (Å²) in [6.45, 7) is 5.32. The molecule has 2 aromatic carbocycles. The van der Waals surface area contributed by atoms with Gasteiger partial charge in [0.15, 0.2) is 0 Å². The molecule has 0 aliphatic carbocycles. The van der Waals surface area contributed by atoms with Crippen molar-refractivity contribution in [2.45, 2.75) is 26.2 Å². The molecular formula is C23H26N4O2. The second-order valence-electron chi connectivity index (χ2n) is 7.27. The third-order valence-electron chi connectivity index (χ3n) is 5.39. The van der Waals surface area contributed by atoms with Gasteiger partial charge < -0.3 is 14.3 Å². The van der Waals surface area contributed by atoms with Gasteiger partial charge in [-0.1, -0.05) is 54.5 Å². The number of piperazine rings is 1. The van der Waals surface area contributed by atoms with E-state index in [9.17, 15) is 4.79 Å². The van der Waals surface area contributed by atoms with Crippen LogP contribution in [0, 0.1) is 0 Å². The molecule has 29 heavy (non-hydrogen) atoms. The molecule has 1 aliphatic heterocycles. The summed E-state index contributed by atoms with van der Waals surface area (Å²) in [6, 6.07) is 18.5. The predicted octanol–water partition coefficient (Wildman–Crippen LogP) is 3.58. The Labute approximate surface area is 171 Å². The summed E-state index contributed by atoms with van der Waals surface area (Å²) in [6.07, 6.45) is 1.86. The third-order valence-corrected chi connectivity index (χ3v) is 5.39. The molecule has 0 N–H and O–H groups in total. The van der Waals surface area contributed by atoms with Crippen molar-refractivity contribution in [2.24, 2.45) is 0 Å². The fourth-order valence-corrected chi connectivity index (χ4v) is 3.59. The van der Waals surface area contributed by atoms with Crippen LogP contribution in [0.2, 0.25) is 0 Å². The Kier molecular flexibility index (Phi) is 5.89. The van der Waals surface area contributed by atoms with E-state index >= 15 is 0 Å². The molecule has 150 valence electrons. The highest BCUT2D eigenvalue weighted by Gasteiger charge is 2.21. The van der Waals surface area contributed by atoms with Gasteiger partial charge in [0.2, 0.25) is 17.6 Å². The van der Waals surface area contributed by atoms with E-state index < -0.39 is 0 Å². The van der Waals surface area contributed by atoms with Crippen LogP contribution in [0.1, 0.15) is 24.8 Å². The largest absolute Gasteiger partial charge is 0.368 e. The molecule has 1 amide bonds. The maximum Gasteiger partial charge on any atom is 0.227 e. The van der Waals surface area contributed by atoms with Gasteiger partial charge in [0.1, 0.15) is 0 Å². The quantitative estimate of drug-likeness (QED) is 0.644. The van der Waals surface area contributed by atoms with Crippen LogP contribution in [0.3, 0.4) is 0 Å². The molecular weight excluding hydrogens is 364 g/mol. The van der Waals surface area contributed by atoms with E-state index in [2.05, 4.69) is 46.2 Å². The van der Waals surface area contributed by atoms with Crippen LogP contribution in [0.15, 0.2) is 59.1 Å². The van der Waals surface area contributed by atoms with E-state index in [0.717, 1.165) is 38.2 Å². The van der Waals surface area contributed by atoms with Gasteiger partial charge in [0.05, 0.1) is 0 Å². The molecule has 2 heterocycles. The van der Waals surface area contributed by atoms with Crippen molar-refractivity contribution in [3.05, 3.63) is 66.1 Å². The molecule has 0 bridgehead atoms. The van der Waals surface area contributed by atoms with E-state index in [4.69, 9.17) is 4.52 Å². The zero-order valence-corrected chi connectivity index (χ0v) is 16.8. The highest BCUT2D eigenvalue weighted by Crippen LogP contribution is 2.18. The summed E-state index contributed by atoms with van der Waals surface area (Å²) in [7, 11) is 0. The highest BCUT2D eigenvalue weighted by molar-refractivity contribution is 5.76. The van der Waals surface area contributed by atoms with Gasteiger partial charge in [-0.05, 0) is 24.1 Å². The minimum Gasteiger partial charge on any atom is -0.368 e. The summed E-state index contributed by atoms with van der Waals surface area (Å²) in [5, 5.41) is 4.06. The minimum atomic E-state index is 0.143. The smallest absolute Gasteiger partial charge is 0.227 e. The Balaban J connectivity index is 1.27. The van der Waals surface area contributed by atoms with Crippen LogP contribution in [0.5, 0.6) is 0 Å². The number of carbonyl (C=O) groups excluding carboxylic acids is 1.